The summed E-state index contributed by atoms with van der Waals surface area (Å²) in [6, 6.07) is 6.85. The average molecular weight is 354 g/mol. The van der Waals surface area contributed by atoms with Gasteiger partial charge in [0.05, 0.1) is 19.3 Å². The molecule has 0 bridgehead atoms. The molecule has 2 fully saturated rings. The first-order valence-electron chi connectivity index (χ1n) is 8.56. The van der Waals surface area contributed by atoms with E-state index in [9.17, 15) is 18.7 Å². The third kappa shape index (κ3) is 4.27. The molecule has 1 atom stereocenters. The van der Waals surface area contributed by atoms with Crippen molar-refractivity contribution in [2.75, 3.05) is 39.8 Å². The Hall–Kier alpha value is -1.73. The molecule has 2 aliphatic heterocycles. The van der Waals surface area contributed by atoms with Crippen LogP contribution in [-0.2, 0) is 0 Å². The van der Waals surface area contributed by atoms with Gasteiger partial charge in [-0.05, 0) is 30.7 Å². The zero-order valence-corrected chi connectivity index (χ0v) is 14.4. The Bertz CT molecular complexity index is 613. The second-order valence-electron chi connectivity index (χ2n) is 7.06. The molecule has 0 radical (unpaired) electrons. The Balaban J connectivity index is 1.57. The van der Waals surface area contributed by atoms with E-state index in [2.05, 4.69) is 0 Å². The number of aliphatic hydroxyl groups is 1. The third-order valence-electron chi connectivity index (χ3n) is 5.06. The third-order valence-corrected chi connectivity index (χ3v) is 5.06. The van der Waals surface area contributed by atoms with Crippen molar-refractivity contribution >= 4 is 5.91 Å². The monoisotopic (exact) mass is 354 g/mol. The number of nitrogens with zero attached hydrogens (tertiary/aromatic N) is 2. The second-order valence-corrected chi connectivity index (χ2v) is 7.06. The molecule has 1 N–H and O–H groups in total. The Kier molecular flexibility index (Phi) is 4.97. The maximum absolute atomic E-state index is 13.2. The fraction of sp³-hybridized carbons (Fsp3) is 0.611. The fourth-order valence-corrected chi connectivity index (χ4v) is 3.53. The lowest BCUT2D eigenvalue weighted by Gasteiger charge is -2.36. The van der Waals surface area contributed by atoms with Gasteiger partial charge in [-0.15, -0.1) is 0 Å². The number of piperidine rings is 1. The van der Waals surface area contributed by atoms with Gasteiger partial charge >= 0.3 is 0 Å². The summed E-state index contributed by atoms with van der Waals surface area (Å²) >= 11 is 0. The number of ether oxygens (including phenoxy) is 1. The highest BCUT2D eigenvalue weighted by Gasteiger charge is 2.42. The van der Waals surface area contributed by atoms with Gasteiger partial charge in [-0.1, -0.05) is 0 Å². The molecular weight excluding hydrogens is 330 g/mol. The number of halogens is 2. The van der Waals surface area contributed by atoms with Crippen LogP contribution in [0.4, 0.5) is 8.78 Å². The van der Waals surface area contributed by atoms with Crippen LogP contribution in [0.25, 0.3) is 0 Å². The van der Waals surface area contributed by atoms with Gasteiger partial charge in [0.15, 0.2) is 0 Å². The Morgan fingerprint density at radius 3 is 2.40 bits per heavy atom. The molecule has 5 nitrogen and oxygen atoms in total. The summed E-state index contributed by atoms with van der Waals surface area (Å²) in [5.41, 5.74) is -0.489. The summed E-state index contributed by atoms with van der Waals surface area (Å²) in [4.78, 5) is 16.1. The van der Waals surface area contributed by atoms with E-state index in [1.807, 2.05) is 4.90 Å². The molecule has 1 aromatic carbocycles. The first kappa shape index (κ1) is 18.1. The van der Waals surface area contributed by atoms with Gasteiger partial charge in [0.25, 0.3) is 11.8 Å². The predicted molar refractivity (Wildman–Crippen MR) is 89.1 cm³/mol. The SMILES string of the molecule is COc1ccc(C(=O)N2CCC(O)(CN3CCC(F)(F)CC3)C2)cc1. The van der Waals surface area contributed by atoms with Gasteiger partial charge in [0.1, 0.15) is 5.75 Å². The minimum absolute atomic E-state index is 0.135. The van der Waals surface area contributed by atoms with Crippen LogP contribution in [0.15, 0.2) is 24.3 Å². The molecule has 25 heavy (non-hydrogen) atoms. The summed E-state index contributed by atoms with van der Waals surface area (Å²) in [7, 11) is 1.56. The molecule has 0 spiro atoms. The molecule has 138 valence electrons. The van der Waals surface area contributed by atoms with E-state index < -0.39 is 11.5 Å². The minimum atomic E-state index is -2.59. The Morgan fingerprint density at radius 1 is 1.16 bits per heavy atom. The van der Waals surface area contributed by atoms with E-state index >= 15 is 0 Å². The van der Waals surface area contributed by atoms with Gasteiger partial charge in [-0.25, -0.2) is 8.78 Å². The molecule has 2 saturated heterocycles. The highest BCUT2D eigenvalue weighted by Crippen LogP contribution is 2.30. The van der Waals surface area contributed by atoms with Crippen molar-refractivity contribution in [2.24, 2.45) is 0 Å². The van der Waals surface area contributed by atoms with Crippen molar-refractivity contribution in [1.82, 2.24) is 9.80 Å². The lowest BCUT2D eigenvalue weighted by atomic mass is 10.00. The normalized spacial score (nSPS) is 26.6. The van der Waals surface area contributed by atoms with E-state index in [4.69, 9.17) is 4.74 Å². The second kappa shape index (κ2) is 6.88. The van der Waals surface area contributed by atoms with Crippen LogP contribution < -0.4 is 4.74 Å². The molecule has 1 aromatic rings. The maximum atomic E-state index is 13.2. The maximum Gasteiger partial charge on any atom is 0.253 e. The summed E-state index contributed by atoms with van der Waals surface area (Å²) in [6.07, 6.45) is 0.122. The van der Waals surface area contributed by atoms with Crippen LogP contribution in [0.1, 0.15) is 29.6 Å². The lowest BCUT2D eigenvalue weighted by Crippen LogP contribution is -2.49. The quantitative estimate of drug-likeness (QED) is 0.899. The van der Waals surface area contributed by atoms with Crippen molar-refractivity contribution in [3.8, 4) is 5.75 Å². The standard InChI is InChI=1S/C18H24F2N2O3/c1-25-15-4-2-14(3-5-15)16(23)22-11-6-17(24,13-22)12-21-9-7-18(19,20)8-10-21/h2-5,24H,6-13H2,1H3. The van der Waals surface area contributed by atoms with Crippen molar-refractivity contribution in [1.29, 1.82) is 0 Å². The number of benzene rings is 1. The fourth-order valence-electron chi connectivity index (χ4n) is 3.53. The highest BCUT2D eigenvalue weighted by atomic mass is 19.3. The summed E-state index contributed by atoms with van der Waals surface area (Å²) in [5, 5.41) is 10.8. The molecule has 2 heterocycles. The van der Waals surface area contributed by atoms with E-state index in [1.54, 1.807) is 36.3 Å². The van der Waals surface area contributed by atoms with Crippen molar-refractivity contribution in [2.45, 2.75) is 30.8 Å². The average Bonchev–Trinajstić information content (AvgIpc) is 2.98. The van der Waals surface area contributed by atoms with Crippen LogP contribution in [0.2, 0.25) is 0 Å². The van der Waals surface area contributed by atoms with Crippen LogP contribution in [0.3, 0.4) is 0 Å². The molecule has 0 aliphatic carbocycles. The molecule has 0 aromatic heterocycles. The Labute approximate surface area is 146 Å². The number of rotatable bonds is 4. The smallest absolute Gasteiger partial charge is 0.253 e. The van der Waals surface area contributed by atoms with Gasteiger partial charge < -0.3 is 14.7 Å². The van der Waals surface area contributed by atoms with Crippen molar-refractivity contribution < 1.29 is 23.4 Å². The van der Waals surface area contributed by atoms with E-state index in [-0.39, 0.29) is 38.4 Å². The first-order chi connectivity index (χ1) is 11.8. The molecule has 3 rings (SSSR count). The zero-order chi connectivity index (χ0) is 18.1. The molecule has 7 heteroatoms. The first-order valence-corrected chi connectivity index (χ1v) is 8.56. The number of hydrogen-bond donors (Lipinski definition) is 1. The lowest BCUT2D eigenvalue weighted by molar-refractivity contribution is -0.0720. The summed E-state index contributed by atoms with van der Waals surface area (Å²) in [5.74, 6) is -2.05. The zero-order valence-electron chi connectivity index (χ0n) is 14.4. The van der Waals surface area contributed by atoms with Crippen LogP contribution in [0.5, 0.6) is 5.75 Å². The number of β-amino-alcohol motifs (C(OH)–C–C–N with tert-alkyl or cyclic N) is 1. The molecule has 2 aliphatic rings. The topological polar surface area (TPSA) is 53.0 Å². The molecule has 1 unspecified atom stereocenters. The minimum Gasteiger partial charge on any atom is -0.497 e. The van der Waals surface area contributed by atoms with E-state index in [0.29, 0.717) is 30.8 Å². The molecule has 0 saturated carbocycles. The molecular formula is C18H24F2N2O3. The van der Waals surface area contributed by atoms with Crippen molar-refractivity contribution in [3.05, 3.63) is 29.8 Å². The number of amides is 1. The number of alkyl halides is 2. The number of methoxy groups -OCH3 is 1. The highest BCUT2D eigenvalue weighted by molar-refractivity contribution is 5.94. The van der Waals surface area contributed by atoms with E-state index in [0.717, 1.165) is 0 Å². The van der Waals surface area contributed by atoms with Crippen LogP contribution in [0, 0.1) is 0 Å². The van der Waals surface area contributed by atoms with Crippen LogP contribution in [-0.4, -0.2) is 72.2 Å². The summed E-state index contributed by atoms with van der Waals surface area (Å²) < 4.78 is 31.6. The predicted octanol–water partition coefficient (Wildman–Crippen LogP) is 2.00. The number of carbonyl (C=O) groups is 1. The van der Waals surface area contributed by atoms with Gasteiger partial charge in [-0.2, -0.15) is 0 Å². The largest absolute Gasteiger partial charge is 0.497 e. The Morgan fingerprint density at radius 2 is 1.80 bits per heavy atom. The van der Waals surface area contributed by atoms with Gasteiger partial charge in [-0.3, -0.25) is 9.69 Å². The molecule has 1 amide bonds. The van der Waals surface area contributed by atoms with Gasteiger partial charge in [0, 0.05) is 44.6 Å². The number of hydrogen-bond acceptors (Lipinski definition) is 4. The number of likely N-dealkylation sites (tertiary alicyclic amines) is 2. The summed E-state index contributed by atoms with van der Waals surface area (Å²) in [6.45, 7) is 1.58. The van der Waals surface area contributed by atoms with E-state index in [1.165, 1.54) is 0 Å². The van der Waals surface area contributed by atoms with Gasteiger partial charge in [0.2, 0.25) is 0 Å². The number of carbonyl (C=O) groups excluding carboxylic acids is 1. The van der Waals surface area contributed by atoms with Crippen molar-refractivity contribution in [3.63, 3.8) is 0 Å². The van der Waals surface area contributed by atoms with Crippen LogP contribution >= 0.6 is 0 Å².